The third-order valence-corrected chi connectivity index (χ3v) is 11.2. The van der Waals surface area contributed by atoms with E-state index in [2.05, 4.69) is 0 Å². The van der Waals surface area contributed by atoms with Gasteiger partial charge in [-0.25, -0.2) is 4.79 Å². The highest BCUT2D eigenvalue weighted by atomic mass is 35.5. The Labute approximate surface area is 238 Å². The molecule has 0 spiro atoms. The second-order valence-electron chi connectivity index (χ2n) is 11.6. The van der Waals surface area contributed by atoms with Crippen molar-refractivity contribution in [1.82, 2.24) is 0 Å². The van der Waals surface area contributed by atoms with Crippen LogP contribution >= 0.6 is 11.6 Å². The van der Waals surface area contributed by atoms with E-state index >= 15 is 0 Å². The van der Waals surface area contributed by atoms with Gasteiger partial charge in [-0.15, -0.1) is 0 Å². The average Bonchev–Trinajstić information content (AvgIpc) is 3.19. The molecule has 0 radical (unpaired) electrons. The lowest BCUT2D eigenvalue weighted by atomic mass is 9.46. The Kier molecular flexibility index (Phi) is 7.12. The van der Waals surface area contributed by atoms with Gasteiger partial charge in [-0.05, 0) is 73.9 Å². The number of hydrogen-bond acceptors (Lipinski definition) is 9. The normalized spacial score (nSPS) is 34.8. The molecule has 1 aromatic rings. The van der Waals surface area contributed by atoms with Crippen LogP contribution in [-0.4, -0.2) is 51.2 Å². The molecule has 0 unspecified atom stereocenters. The molecule has 1 aromatic carbocycles. The van der Waals surface area contributed by atoms with E-state index in [0.29, 0.717) is 24.3 Å². The van der Waals surface area contributed by atoms with Gasteiger partial charge in [-0.1, -0.05) is 37.1 Å². The van der Waals surface area contributed by atoms with Crippen molar-refractivity contribution in [2.75, 3.05) is 13.7 Å². The van der Waals surface area contributed by atoms with Gasteiger partial charge in [0, 0.05) is 28.2 Å². The Hall–Kier alpha value is -2.82. The molecule has 0 bridgehead atoms. The summed E-state index contributed by atoms with van der Waals surface area (Å²) in [5.74, 6) is -1.62. The lowest BCUT2D eigenvalue weighted by Gasteiger charge is -2.57. The van der Waals surface area contributed by atoms with E-state index in [4.69, 9.17) is 25.3 Å². The number of rotatable bonds is 6. The molecule has 4 aliphatic rings. The SMILES string of the molecule is COC(=O)O[C@]1(C(=O)COS(=O)(=O)c2ccc(Cl)cc2)CC[C@H]2[C@@H]3CCC4=CC(=O)C=C[C@]4(C)[C@H]3C(=O)C[C@@]21C. The van der Waals surface area contributed by atoms with E-state index in [0.717, 1.165) is 12.7 Å². The first-order chi connectivity index (χ1) is 18.8. The zero-order valence-electron chi connectivity index (χ0n) is 22.5. The molecule has 3 saturated carbocycles. The van der Waals surface area contributed by atoms with Crippen molar-refractivity contribution in [2.24, 2.45) is 28.6 Å². The number of fused-ring (bicyclic) bond motifs is 5. The zero-order valence-corrected chi connectivity index (χ0v) is 24.0. The molecule has 0 heterocycles. The molecule has 5 rings (SSSR count). The highest BCUT2D eigenvalue weighted by Gasteiger charge is 2.70. The van der Waals surface area contributed by atoms with Gasteiger partial charge in [0.1, 0.15) is 12.4 Å². The van der Waals surface area contributed by atoms with Crippen LogP contribution in [0.4, 0.5) is 4.79 Å². The van der Waals surface area contributed by atoms with Crippen LogP contribution in [0.25, 0.3) is 0 Å². The molecular formula is C29H31ClO9S. The van der Waals surface area contributed by atoms with Crippen LogP contribution in [-0.2, 0) is 38.2 Å². The van der Waals surface area contributed by atoms with Gasteiger partial charge < -0.3 is 9.47 Å². The van der Waals surface area contributed by atoms with Crippen molar-refractivity contribution in [3.8, 4) is 0 Å². The predicted molar refractivity (Wildman–Crippen MR) is 143 cm³/mol. The Balaban J connectivity index is 1.47. The molecule has 40 heavy (non-hydrogen) atoms. The number of ether oxygens (including phenoxy) is 2. The van der Waals surface area contributed by atoms with E-state index in [1.165, 1.54) is 30.3 Å². The maximum atomic E-state index is 13.9. The fourth-order valence-corrected chi connectivity index (χ4v) is 8.79. The van der Waals surface area contributed by atoms with E-state index < -0.39 is 45.1 Å². The number of methoxy groups -OCH3 is 1. The van der Waals surface area contributed by atoms with Crippen LogP contribution in [0.3, 0.4) is 0 Å². The second kappa shape index (κ2) is 9.92. The Morgan fingerprint density at radius 1 is 1.10 bits per heavy atom. The van der Waals surface area contributed by atoms with Crippen LogP contribution in [0.15, 0.2) is 53.0 Å². The monoisotopic (exact) mass is 590 g/mol. The Bertz CT molecular complexity index is 1450. The molecule has 0 saturated heterocycles. The first-order valence-electron chi connectivity index (χ1n) is 13.2. The molecule has 3 fully saturated rings. The predicted octanol–water partition coefficient (Wildman–Crippen LogP) is 4.62. The minimum atomic E-state index is -4.33. The third kappa shape index (κ3) is 4.35. The number of hydrogen-bond donors (Lipinski definition) is 0. The van der Waals surface area contributed by atoms with Crippen molar-refractivity contribution < 1.29 is 41.3 Å². The summed E-state index contributed by atoms with van der Waals surface area (Å²) >= 11 is 5.85. The van der Waals surface area contributed by atoms with Gasteiger partial charge in [0.15, 0.2) is 11.4 Å². The van der Waals surface area contributed by atoms with Gasteiger partial charge in [0.2, 0.25) is 5.78 Å². The van der Waals surface area contributed by atoms with Gasteiger partial charge in [0.05, 0.1) is 12.0 Å². The number of carbonyl (C=O) groups excluding carboxylic acids is 4. The summed E-state index contributed by atoms with van der Waals surface area (Å²) in [5.41, 5.74) is -2.61. The standard InChI is InChI=1S/C29H31ClO9S/c1-27-12-10-19(31)14-17(27)4-9-21-22-11-13-29(39-26(34)37-3,28(22,2)15-23(32)25(21)27)24(33)16-38-40(35,36)20-7-5-18(30)6-8-20/h5-8,10,12,14,21-22,25H,4,9,11,13,15-16H2,1-3H3/t21-,22-,25+,27-,28-,29-/m0/s1. The summed E-state index contributed by atoms with van der Waals surface area (Å²) in [5, 5.41) is 0.333. The third-order valence-electron chi connectivity index (χ3n) is 9.70. The maximum Gasteiger partial charge on any atom is 0.509 e. The van der Waals surface area contributed by atoms with Crippen molar-refractivity contribution in [2.45, 2.75) is 56.4 Å². The first kappa shape index (κ1) is 28.7. The average molecular weight is 591 g/mol. The van der Waals surface area contributed by atoms with Crippen molar-refractivity contribution in [3.05, 3.63) is 53.1 Å². The fraction of sp³-hybridized carbons (Fsp3) is 0.517. The summed E-state index contributed by atoms with van der Waals surface area (Å²) < 4.78 is 41.2. The summed E-state index contributed by atoms with van der Waals surface area (Å²) in [7, 11) is -3.21. The van der Waals surface area contributed by atoms with Gasteiger partial charge in [0.25, 0.3) is 10.1 Å². The fourth-order valence-electron chi connectivity index (χ4n) is 7.80. The van der Waals surface area contributed by atoms with E-state index in [1.54, 1.807) is 13.0 Å². The molecule has 0 aromatic heterocycles. The van der Waals surface area contributed by atoms with Crippen molar-refractivity contribution in [1.29, 1.82) is 0 Å². The molecule has 214 valence electrons. The molecule has 11 heteroatoms. The summed E-state index contributed by atoms with van der Waals surface area (Å²) in [6.45, 7) is 2.86. The molecule has 6 atom stereocenters. The first-order valence-corrected chi connectivity index (χ1v) is 15.0. The topological polar surface area (TPSA) is 130 Å². The van der Waals surface area contributed by atoms with Crippen molar-refractivity contribution >= 4 is 45.2 Å². The summed E-state index contributed by atoms with van der Waals surface area (Å²) in [6, 6.07) is 5.29. The maximum absolute atomic E-state index is 13.9. The number of benzene rings is 1. The van der Waals surface area contributed by atoms with Crippen LogP contribution in [0.2, 0.25) is 5.02 Å². The summed E-state index contributed by atoms with van der Waals surface area (Å²) in [4.78, 5) is 52.2. The second-order valence-corrected chi connectivity index (χ2v) is 13.6. The number of Topliss-reactive ketones (excluding diaryl/α,β-unsaturated/α-hetero) is 2. The van der Waals surface area contributed by atoms with Crippen LogP contribution in [0, 0.1) is 28.6 Å². The quantitative estimate of drug-likeness (QED) is 0.344. The van der Waals surface area contributed by atoms with Gasteiger partial charge in [-0.3, -0.25) is 18.6 Å². The van der Waals surface area contributed by atoms with E-state index in [1.807, 2.05) is 13.0 Å². The van der Waals surface area contributed by atoms with E-state index in [-0.39, 0.29) is 47.1 Å². The molecule has 0 amide bonds. The Morgan fingerprint density at radius 2 is 1.80 bits per heavy atom. The molecule has 0 aliphatic heterocycles. The van der Waals surface area contributed by atoms with E-state index in [9.17, 15) is 27.6 Å². The Morgan fingerprint density at radius 3 is 2.48 bits per heavy atom. The lowest BCUT2D eigenvalue weighted by Crippen LogP contribution is -2.62. The largest absolute Gasteiger partial charge is 0.509 e. The molecule has 9 nitrogen and oxygen atoms in total. The summed E-state index contributed by atoms with van der Waals surface area (Å²) in [6.07, 6.45) is 5.66. The highest BCUT2D eigenvalue weighted by Crippen LogP contribution is 2.67. The van der Waals surface area contributed by atoms with Crippen LogP contribution in [0.5, 0.6) is 0 Å². The van der Waals surface area contributed by atoms with Gasteiger partial charge >= 0.3 is 6.16 Å². The lowest BCUT2D eigenvalue weighted by molar-refractivity contribution is -0.172. The molecule has 4 aliphatic carbocycles. The van der Waals surface area contributed by atoms with Crippen molar-refractivity contribution in [3.63, 3.8) is 0 Å². The zero-order chi connectivity index (χ0) is 29.1. The smallest absolute Gasteiger partial charge is 0.438 e. The van der Waals surface area contributed by atoms with Gasteiger partial charge in [-0.2, -0.15) is 8.42 Å². The number of ketones is 3. The molecule has 0 N–H and O–H groups in total. The minimum Gasteiger partial charge on any atom is -0.438 e. The molecular weight excluding hydrogens is 560 g/mol. The number of allylic oxidation sites excluding steroid dienone is 4. The van der Waals surface area contributed by atoms with Crippen LogP contribution < -0.4 is 0 Å². The number of halogens is 1. The van der Waals surface area contributed by atoms with Crippen LogP contribution in [0.1, 0.15) is 46.0 Å². The minimum absolute atomic E-state index is 0.0594. The number of carbonyl (C=O) groups is 4. The highest BCUT2D eigenvalue weighted by molar-refractivity contribution is 7.86.